The highest BCUT2D eigenvalue weighted by Crippen LogP contribution is 2.23. The van der Waals surface area contributed by atoms with E-state index in [0.717, 1.165) is 16.0 Å². The van der Waals surface area contributed by atoms with Gasteiger partial charge < -0.3 is 9.84 Å². The fraction of sp³-hybridized carbons (Fsp3) is 0.214. The van der Waals surface area contributed by atoms with Crippen molar-refractivity contribution in [3.63, 3.8) is 0 Å². The average Bonchev–Trinajstić information content (AvgIpc) is 2.85. The molecule has 0 radical (unpaired) electrons. The second-order valence-electron chi connectivity index (χ2n) is 4.26. The number of hydrogen-bond donors (Lipinski definition) is 3. The smallest absolute Gasteiger partial charge is 0.275 e. The molecule has 20 heavy (non-hydrogen) atoms. The summed E-state index contributed by atoms with van der Waals surface area (Å²) < 4.78 is 5.67. The van der Waals surface area contributed by atoms with E-state index in [4.69, 9.17) is 15.7 Å². The number of hydrazine groups is 1. The Hall–Kier alpha value is -1.89. The van der Waals surface area contributed by atoms with Crippen LogP contribution in [0.25, 0.3) is 0 Å². The van der Waals surface area contributed by atoms with Crippen LogP contribution in [0.5, 0.6) is 5.75 Å². The minimum atomic E-state index is -0.299. The van der Waals surface area contributed by atoms with Gasteiger partial charge in [-0.3, -0.25) is 10.2 Å². The number of benzene rings is 1. The van der Waals surface area contributed by atoms with Crippen LogP contribution in [0.15, 0.2) is 30.3 Å². The Morgan fingerprint density at radius 3 is 2.95 bits per heavy atom. The van der Waals surface area contributed by atoms with Gasteiger partial charge in [0.05, 0.1) is 11.5 Å². The molecule has 5 nitrogen and oxygen atoms in total. The van der Waals surface area contributed by atoms with Crippen molar-refractivity contribution in [3.05, 3.63) is 51.2 Å². The van der Waals surface area contributed by atoms with E-state index >= 15 is 0 Å². The van der Waals surface area contributed by atoms with Crippen LogP contribution in [-0.2, 0) is 13.2 Å². The number of thiophene rings is 1. The van der Waals surface area contributed by atoms with E-state index in [1.54, 1.807) is 12.1 Å². The van der Waals surface area contributed by atoms with Crippen molar-refractivity contribution < 1.29 is 14.6 Å². The zero-order chi connectivity index (χ0) is 14.5. The molecular weight excluding hydrogens is 276 g/mol. The summed E-state index contributed by atoms with van der Waals surface area (Å²) in [6, 6.07) is 9.04. The van der Waals surface area contributed by atoms with Crippen molar-refractivity contribution >= 4 is 17.2 Å². The largest absolute Gasteiger partial charge is 0.489 e. The SMILES string of the molecule is Cc1sc(C(=O)NN)cc1COc1cccc(CO)c1. The summed E-state index contributed by atoms with van der Waals surface area (Å²) in [5.74, 6) is 5.50. The van der Waals surface area contributed by atoms with Crippen LogP contribution in [0.2, 0.25) is 0 Å². The third-order valence-corrected chi connectivity index (χ3v) is 3.94. The molecule has 2 rings (SSSR count). The van der Waals surface area contributed by atoms with E-state index < -0.39 is 0 Å². The number of rotatable bonds is 5. The number of amides is 1. The number of carbonyl (C=O) groups excluding carboxylic acids is 1. The van der Waals surface area contributed by atoms with Crippen LogP contribution >= 0.6 is 11.3 Å². The van der Waals surface area contributed by atoms with Crippen molar-refractivity contribution in [2.45, 2.75) is 20.1 Å². The lowest BCUT2D eigenvalue weighted by Crippen LogP contribution is -2.29. The normalized spacial score (nSPS) is 10.3. The Morgan fingerprint density at radius 2 is 2.25 bits per heavy atom. The Morgan fingerprint density at radius 1 is 1.45 bits per heavy atom. The number of nitrogen functional groups attached to an aromatic ring is 1. The number of hydrogen-bond acceptors (Lipinski definition) is 5. The molecule has 1 aromatic carbocycles. The highest BCUT2D eigenvalue weighted by atomic mass is 32.1. The third kappa shape index (κ3) is 3.36. The van der Waals surface area contributed by atoms with Crippen LogP contribution in [0.3, 0.4) is 0 Å². The van der Waals surface area contributed by atoms with Crippen molar-refractivity contribution in [3.8, 4) is 5.75 Å². The van der Waals surface area contributed by atoms with Gasteiger partial charge in [-0.25, -0.2) is 5.84 Å². The minimum Gasteiger partial charge on any atom is -0.489 e. The lowest BCUT2D eigenvalue weighted by Gasteiger charge is -2.06. The first-order chi connectivity index (χ1) is 9.63. The number of nitrogens with two attached hydrogens (primary N) is 1. The van der Waals surface area contributed by atoms with E-state index in [1.807, 2.05) is 25.1 Å². The second kappa shape index (κ2) is 6.51. The minimum absolute atomic E-state index is 0.0184. The molecule has 0 fully saturated rings. The molecule has 0 atom stereocenters. The lowest BCUT2D eigenvalue weighted by atomic mass is 10.2. The molecule has 1 aromatic heterocycles. The molecule has 0 bridgehead atoms. The molecule has 0 saturated heterocycles. The second-order valence-corrected chi connectivity index (χ2v) is 5.52. The van der Waals surface area contributed by atoms with E-state index in [-0.39, 0.29) is 12.5 Å². The summed E-state index contributed by atoms with van der Waals surface area (Å²) in [4.78, 5) is 13.0. The van der Waals surface area contributed by atoms with Crippen molar-refractivity contribution in [1.82, 2.24) is 5.43 Å². The van der Waals surface area contributed by atoms with Gasteiger partial charge >= 0.3 is 0 Å². The standard InChI is InChI=1S/C14H16N2O3S/c1-9-11(6-13(20-9)14(18)16-15)8-19-12-4-2-3-10(5-12)7-17/h2-6,17H,7-8,15H2,1H3,(H,16,18). The number of nitrogens with one attached hydrogen (secondary N) is 1. The van der Waals surface area contributed by atoms with Gasteiger partial charge in [-0.15, -0.1) is 11.3 Å². The number of aliphatic hydroxyl groups excluding tert-OH is 1. The first kappa shape index (κ1) is 14.5. The Labute approximate surface area is 121 Å². The van der Waals surface area contributed by atoms with Crippen LogP contribution in [0.1, 0.15) is 25.7 Å². The predicted molar refractivity (Wildman–Crippen MR) is 77.4 cm³/mol. The Balaban J connectivity index is 2.06. The quantitative estimate of drug-likeness (QED) is 0.445. The predicted octanol–water partition coefficient (Wildman–Crippen LogP) is 1.73. The molecule has 0 spiro atoms. The maximum Gasteiger partial charge on any atom is 0.275 e. The lowest BCUT2D eigenvalue weighted by molar-refractivity contribution is 0.0957. The molecule has 0 aliphatic rings. The summed E-state index contributed by atoms with van der Waals surface area (Å²) in [7, 11) is 0. The first-order valence-electron chi connectivity index (χ1n) is 6.07. The van der Waals surface area contributed by atoms with Gasteiger partial charge in [-0.2, -0.15) is 0 Å². The molecule has 0 unspecified atom stereocenters. The molecule has 0 saturated carbocycles. The zero-order valence-corrected chi connectivity index (χ0v) is 11.9. The number of carbonyl (C=O) groups is 1. The summed E-state index contributed by atoms with van der Waals surface area (Å²) in [6.45, 7) is 2.28. The monoisotopic (exact) mass is 292 g/mol. The first-order valence-corrected chi connectivity index (χ1v) is 6.88. The molecule has 0 aliphatic heterocycles. The Kier molecular flexibility index (Phi) is 4.73. The molecule has 4 N–H and O–H groups in total. The van der Waals surface area contributed by atoms with E-state index in [2.05, 4.69) is 5.43 Å². The van der Waals surface area contributed by atoms with Crippen molar-refractivity contribution in [1.29, 1.82) is 0 Å². The van der Waals surface area contributed by atoms with Gasteiger partial charge in [0.1, 0.15) is 12.4 Å². The van der Waals surface area contributed by atoms with Gasteiger partial charge in [0.25, 0.3) is 5.91 Å². The molecule has 1 amide bonds. The number of aryl methyl sites for hydroxylation is 1. The van der Waals surface area contributed by atoms with Gasteiger partial charge in [-0.1, -0.05) is 12.1 Å². The average molecular weight is 292 g/mol. The van der Waals surface area contributed by atoms with Crippen LogP contribution < -0.4 is 16.0 Å². The van der Waals surface area contributed by atoms with Crippen LogP contribution in [0.4, 0.5) is 0 Å². The molecule has 2 aromatic rings. The zero-order valence-electron chi connectivity index (χ0n) is 11.1. The van der Waals surface area contributed by atoms with Gasteiger partial charge in [0.15, 0.2) is 0 Å². The molecule has 106 valence electrons. The summed E-state index contributed by atoms with van der Waals surface area (Å²) in [5, 5.41) is 9.07. The summed E-state index contributed by atoms with van der Waals surface area (Å²) >= 11 is 1.38. The van der Waals surface area contributed by atoms with Gasteiger partial charge in [0, 0.05) is 10.4 Å². The van der Waals surface area contributed by atoms with Crippen molar-refractivity contribution in [2.24, 2.45) is 5.84 Å². The molecule has 0 aliphatic carbocycles. The number of ether oxygens (including phenoxy) is 1. The maximum atomic E-state index is 11.4. The topological polar surface area (TPSA) is 84.6 Å². The van der Waals surface area contributed by atoms with Crippen molar-refractivity contribution in [2.75, 3.05) is 0 Å². The molecule has 1 heterocycles. The highest BCUT2D eigenvalue weighted by molar-refractivity contribution is 7.14. The van der Waals surface area contributed by atoms with Crippen LogP contribution in [0, 0.1) is 6.92 Å². The van der Waals surface area contributed by atoms with E-state index in [9.17, 15) is 4.79 Å². The van der Waals surface area contributed by atoms with E-state index in [1.165, 1.54) is 11.3 Å². The van der Waals surface area contributed by atoms with E-state index in [0.29, 0.717) is 17.2 Å². The maximum absolute atomic E-state index is 11.4. The molecular formula is C14H16N2O3S. The summed E-state index contributed by atoms with van der Waals surface area (Å²) in [6.07, 6.45) is 0. The third-order valence-electron chi connectivity index (χ3n) is 2.85. The van der Waals surface area contributed by atoms with Gasteiger partial charge in [-0.05, 0) is 30.7 Å². The fourth-order valence-electron chi connectivity index (χ4n) is 1.74. The van der Waals surface area contributed by atoms with Crippen LogP contribution in [-0.4, -0.2) is 11.0 Å². The number of aliphatic hydroxyl groups is 1. The summed E-state index contributed by atoms with van der Waals surface area (Å²) in [5.41, 5.74) is 3.86. The molecule has 6 heteroatoms. The fourth-order valence-corrected chi connectivity index (χ4v) is 2.67. The Bertz CT molecular complexity index is 610. The van der Waals surface area contributed by atoms with Gasteiger partial charge in [0.2, 0.25) is 0 Å². The highest BCUT2D eigenvalue weighted by Gasteiger charge is 2.11.